The first-order valence-corrected chi connectivity index (χ1v) is 5.23. The Balaban J connectivity index is 2.93. The fourth-order valence-electron chi connectivity index (χ4n) is 1.49. The molecule has 16 heavy (non-hydrogen) atoms. The Labute approximate surface area is 99.0 Å². The number of aliphatic carboxylic acids is 1. The van der Waals surface area contributed by atoms with E-state index in [2.05, 4.69) is 0 Å². The normalized spacial score (nSPS) is 11.2. The number of carboxylic acids is 1. The summed E-state index contributed by atoms with van der Waals surface area (Å²) in [5, 5.41) is 9.15. The lowest BCUT2D eigenvalue weighted by molar-refractivity contribution is -0.149. The van der Waals surface area contributed by atoms with Gasteiger partial charge in [-0.2, -0.15) is 0 Å². The number of carboxylic acid groups (broad SMARTS) is 1. The molecule has 0 atom stereocenters. The third-order valence-corrected chi connectivity index (χ3v) is 2.68. The standard InChI is InChI=1S/C12H13ClO3/c1-12(2,7-10(14)11(15)16)8-4-3-5-9(13)6-8/h3-6H,7H2,1-2H3,(H,15,16). The number of hydrogen-bond acceptors (Lipinski definition) is 2. The van der Waals surface area contributed by atoms with Crippen molar-refractivity contribution in [2.24, 2.45) is 0 Å². The summed E-state index contributed by atoms with van der Waals surface area (Å²) in [5.41, 5.74) is 0.329. The maximum absolute atomic E-state index is 11.2. The largest absolute Gasteiger partial charge is 0.476 e. The quantitative estimate of drug-likeness (QED) is 0.824. The molecule has 0 aromatic heterocycles. The lowest BCUT2D eigenvalue weighted by Crippen LogP contribution is -2.26. The number of halogens is 1. The molecule has 0 aliphatic carbocycles. The highest BCUT2D eigenvalue weighted by molar-refractivity contribution is 6.33. The van der Waals surface area contributed by atoms with Gasteiger partial charge in [-0.05, 0) is 23.1 Å². The van der Waals surface area contributed by atoms with E-state index >= 15 is 0 Å². The summed E-state index contributed by atoms with van der Waals surface area (Å²) in [6, 6.07) is 7.10. The smallest absolute Gasteiger partial charge is 0.372 e. The van der Waals surface area contributed by atoms with Gasteiger partial charge in [0.1, 0.15) is 0 Å². The number of carbonyl (C=O) groups excluding carboxylic acids is 1. The van der Waals surface area contributed by atoms with Crippen LogP contribution in [-0.4, -0.2) is 16.9 Å². The summed E-state index contributed by atoms with van der Waals surface area (Å²) in [4.78, 5) is 21.7. The van der Waals surface area contributed by atoms with Crippen molar-refractivity contribution >= 4 is 23.4 Å². The Morgan fingerprint density at radius 1 is 1.38 bits per heavy atom. The van der Waals surface area contributed by atoms with Gasteiger partial charge in [0.2, 0.25) is 5.78 Å². The highest BCUT2D eigenvalue weighted by Gasteiger charge is 2.27. The zero-order valence-electron chi connectivity index (χ0n) is 9.16. The second-order valence-corrected chi connectivity index (χ2v) is 4.74. The van der Waals surface area contributed by atoms with E-state index in [9.17, 15) is 9.59 Å². The van der Waals surface area contributed by atoms with Gasteiger partial charge in [0.25, 0.3) is 0 Å². The number of hydrogen-bond donors (Lipinski definition) is 1. The van der Waals surface area contributed by atoms with Crippen LogP contribution in [-0.2, 0) is 15.0 Å². The van der Waals surface area contributed by atoms with Gasteiger partial charge >= 0.3 is 5.97 Å². The van der Waals surface area contributed by atoms with Crippen LogP contribution in [0.3, 0.4) is 0 Å². The molecule has 0 aliphatic heterocycles. The van der Waals surface area contributed by atoms with Crippen molar-refractivity contribution in [1.29, 1.82) is 0 Å². The molecular formula is C12H13ClO3. The van der Waals surface area contributed by atoms with Crippen molar-refractivity contribution < 1.29 is 14.7 Å². The van der Waals surface area contributed by atoms with Crippen LogP contribution in [0.4, 0.5) is 0 Å². The molecule has 3 nitrogen and oxygen atoms in total. The average Bonchev–Trinajstić information content (AvgIpc) is 2.17. The van der Waals surface area contributed by atoms with Gasteiger partial charge in [0.05, 0.1) is 0 Å². The molecule has 1 aromatic rings. The molecule has 1 rings (SSSR count). The van der Waals surface area contributed by atoms with Crippen molar-refractivity contribution in [3.8, 4) is 0 Å². The summed E-state index contributed by atoms with van der Waals surface area (Å²) in [6.45, 7) is 3.64. The molecular weight excluding hydrogens is 228 g/mol. The summed E-state index contributed by atoms with van der Waals surface area (Å²) in [7, 11) is 0. The predicted octanol–water partition coefficient (Wildman–Crippen LogP) is 2.66. The molecule has 0 spiro atoms. The van der Waals surface area contributed by atoms with Crippen LogP contribution in [0.25, 0.3) is 0 Å². The Kier molecular flexibility index (Phi) is 3.70. The molecule has 1 aromatic carbocycles. The molecule has 0 amide bonds. The number of rotatable bonds is 4. The fraction of sp³-hybridized carbons (Fsp3) is 0.333. The summed E-state index contributed by atoms with van der Waals surface area (Å²) >= 11 is 5.85. The molecule has 0 radical (unpaired) electrons. The SMILES string of the molecule is CC(C)(CC(=O)C(=O)O)c1cccc(Cl)c1. The topological polar surface area (TPSA) is 54.4 Å². The lowest BCUT2D eigenvalue weighted by Gasteiger charge is -2.23. The second kappa shape index (κ2) is 4.66. The van der Waals surface area contributed by atoms with Crippen LogP contribution in [0.1, 0.15) is 25.8 Å². The predicted molar refractivity (Wildman–Crippen MR) is 61.7 cm³/mol. The monoisotopic (exact) mass is 240 g/mol. The summed E-state index contributed by atoms with van der Waals surface area (Å²) < 4.78 is 0. The molecule has 0 aliphatic rings. The Morgan fingerprint density at radius 2 is 2.00 bits per heavy atom. The van der Waals surface area contributed by atoms with E-state index < -0.39 is 17.2 Å². The van der Waals surface area contributed by atoms with Crippen LogP contribution in [0.2, 0.25) is 5.02 Å². The minimum atomic E-state index is -1.39. The number of carbonyl (C=O) groups is 2. The van der Waals surface area contributed by atoms with Gasteiger partial charge in [-0.3, -0.25) is 4.79 Å². The van der Waals surface area contributed by atoms with Gasteiger partial charge in [0, 0.05) is 11.4 Å². The maximum Gasteiger partial charge on any atom is 0.372 e. The number of benzene rings is 1. The maximum atomic E-state index is 11.2. The van der Waals surface area contributed by atoms with Crippen molar-refractivity contribution in [2.45, 2.75) is 25.7 Å². The van der Waals surface area contributed by atoms with Crippen molar-refractivity contribution in [3.63, 3.8) is 0 Å². The van der Waals surface area contributed by atoms with Gasteiger partial charge in [-0.1, -0.05) is 37.6 Å². The minimum absolute atomic E-state index is 0.0390. The first-order chi connectivity index (χ1) is 7.33. The zero-order chi connectivity index (χ0) is 12.3. The third-order valence-electron chi connectivity index (χ3n) is 2.45. The van der Waals surface area contributed by atoms with E-state index in [1.54, 1.807) is 18.2 Å². The van der Waals surface area contributed by atoms with Crippen LogP contribution < -0.4 is 0 Å². The third kappa shape index (κ3) is 3.07. The lowest BCUT2D eigenvalue weighted by atomic mass is 9.80. The number of ketones is 1. The Hall–Kier alpha value is -1.35. The van der Waals surface area contributed by atoms with Crippen molar-refractivity contribution in [3.05, 3.63) is 34.9 Å². The summed E-state index contributed by atoms with van der Waals surface area (Å²) in [5.74, 6) is -2.18. The molecule has 0 unspecified atom stereocenters. The first-order valence-electron chi connectivity index (χ1n) is 4.85. The molecule has 0 saturated carbocycles. The highest BCUT2D eigenvalue weighted by atomic mass is 35.5. The van der Waals surface area contributed by atoms with Gasteiger partial charge in [-0.15, -0.1) is 0 Å². The van der Waals surface area contributed by atoms with Crippen LogP contribution in [0.5, 0.6) is 0 Å². The molecule has 1 N–H and O–H groups in total. The van der Waals surface area contributed by atoms with E-state index in [1.165, 1.54) is 0 Å². The highest BCUT2D eigenvalue weighted by Crippen LogP contribution is 2.28. The van der Waals surface area contributed by atoms with Crippen molar-refractivity contribution in [1.82, 2.24) is 0 Å². The fourth-order valence-corrected chi connectivity index (χ4v) is 1.68. The molecule has 0 bridgehead atoms. The molecule has 86 valence electrons. The number of Topliss-reactive ketones (excluding diaryl/α,β-unsaturated/α-hetero) is 1. The first kappa shape index (κ1) is 12.7. The zero-order valence-corrected chi connectivity index (χ0v) is 9.91. The second-order valence-electron chi connectivity index (χ2n) is 4.30. The van der Waals surface area contributed by atoms with Gasteiger partial charge in [0.15, 0.2) is 0 Å². The summed E-state index contributed by atoms with van der Waals surface area (Å²) in [6.07, 6.45) is -0.0390. The Bertz CT molecular complexity index is 424. The van der Waals surface area contributed by atoms with Crippen molar-refractivity contribution in [2.75, 3.05) is 0 Å². The van der Waals surface area contributed by atoms with Gasteiger partial charge < -0.3 is 5.11 Å². The minimum Gasteiger partial charge on any atom is -0.476 e. The molecule has 0 fully saturated rings. The Morgan fingerprint density at radius 3 is 2.50 bits per heavy atom. The molecule has 0 heterocycles. The molecule has 0 saturated heterocycles. The van der Waals surface area contributed by atoms with E-state index in [4.69, 9.17) is 16.7 Å². The van der Waals surface area contributed by atoms with E-state index in [0.717, 1.165) is 5.56 Å². The van der Waals surface area contributed by atoms with Crippen LogP contribution >= 0.6 is 11.6 Å². The van der Waals surface area contributed by atoms with E-state index in [1.807, 2.05) is 19.9 Å². The van der Waals surface area contributed by atoms with Crippen LogP contribution in [0.15, 0.2) is 24.3 Å². The molecule has 4 heteroatoms. The average molecular weight is 241 g/mol. The van der Waals surface area contributed by atoms with E-state index in [-0.39, 0.29) is 6.42 Å². The van der Waals surface area contributed by atoms with Crippen LogP contribution in [0, 0.1) is 0 Å². The van der Waals surface area contributed by atoms with E-state index in [0.29, 0.717) is 5.02 Å². The van der Waals surface area contributed by atoms with Gasteiger partial charge in [-0.25, -0.2) is 4.79 Å².